The number of morpholine rings is 1. The average molecular weight is 404 g/mol. The number of ether oxygens (including phenoxy) is 1. The Morgan fingerprint density at radius 2 is 2.00 bits per heavy atom. The molecule has 0 aliphatic carbocycles. The lowest BCUT2D eigenvalue weighted by atomic mass is 10.2. The Bertz CT molecular complexity index is 927. The van der Waals surface area contributed by atoms with E-state index in [9.17, 15) is 13.2 Å². The van der Waals surface area contributed by atoms with Gasteiger partial charge in [0.1, 0.15) is 5.82 Å². The normalized spacial score (nSPS) is 14.7. The number of hydrogen-bond acceptors (Lipinski definition) is 6. The van der Waals surface area contributed by atoms with Gasteiger partial charge in [-0.1, -0.05) is 13.0 Å². The molecule has 1 amide bonds. The van der Waals surface area contributed by atoms with E-state index in [0.29, 0.717) is 25.3 Å². The molecule has 2 N–H and O–H groups in total. The van der Waals surface area contributed by atoms with Crippen molar-refractivity contribution in [2.24, 2.45) is 0 Å². The number of rotatable bonds is 7. The molecule has 0 radical (unpaired) electrons. The number of pyridine rings is 1. The van der Waals surface area contributed by atoms with Crippen molar-refractivity contribution in [1.29, 1.82) is 0 Å². The van der Waals surface area contributed by atoms with Gasteiger partial charge in [-0.05, 0) is 35.9 Å². The summed E-state index contributed by atoms with van der Waals surface area (Å²) in [5, 5.41) is 2.83. The van der Waals surface area contributed by atoms with Crippen molar-refractivity contribution in [2.45, 2.75) is 18.4 Å². The highest BCUT2D eigenvalue weighted by atomic mass is 32.2. The molecule has 0 saturated carbocycles. The summed E-state index contributed by atoms with van der Waals surface area (Å²) in [7, 11) is -3.61. The summed E-state index contributed by atoms with van der Waals surface area (Å²) in [6.45, 7) is 5.23. The largest absolute Gasteiger partial charge is 0.378 e. The van der Waals surface area contributed by atoms with Crippen molar-refractivity contribution in [3.05, 3.63) is 53.7 Å². The lowest BCUT2D eigenvalue weighted by molar-refractivity contribution is 0.0950. The smallest absolute Gasteiger partial charge is 0.251 e. The predicted molar refractivity (Wildman–Crippen MR) is 106 cm³/mol. The van der Waals surface area contributed by atoms with Gasteiger partial charge in [0, 0.05) is 37.9 Å². The molecular formula is C19H24N4O4S. The molecule has 3 rings (SSSR count). The van der Waals surface area contributed by atoms with Crippen molar-refractivity contribution < 1.29 is 17.9 Å². The highest BCUT2D eigenvalue weighted by Gasteiger charge is 2.16. The van der Waals surface area contributed by atoms with Gasteiger partial charge in [-0.2, -0.15) is 0 Å². The van der Waals surface area contributed by atoms with Gasteiger partial charge in [0.05, 0.1) is 18.1 Å². The fraction of sp³-hybridized carbons (Fsp3) is 0.368. The molecule has 1 aliphatic rings. The maximum atomic E-state index is 12.5. The molecule has 1 aromatic heterocycles. The van der Waals surface area contributed by atoms with Crippen LogP contribution in [0.5, 0.6) is 0 Å². The van der Waals surface area contributed by atoms with Crippen LogP contribution in [0, 0.1) is 0 Å². The topological polar surface area (TPSA) is 101 Å². The first-order valence-electron chi connectivity index (χ1n) is 9.15. The van der Waals surface area contributed by atoms with E-state index in [4.69, 9.17) is 4.74 Å². The Morgan fingerprint density at radius 1 is 1.21 bits per heavy atom. The lowest BCUT2D eigenvalue weighted by Crippen LogP contribution is -2.36. The monoisotopic (exact) mass is 404 g/mol. The molecule has 8 nitrogen and oxygen atoms in total. The van der Waals surface area contributed by atoms with E-state index >= 15 is 0 Å². The molecule has 0 unspecified atom stereocenters. The Labute approximate surface area is 165 Å². The minimum atomic E-state index is -3.61. The molecule has 28 heavy (non-hydrogen) atoms. The predicted octanol–water partition coefficient (Wildman–Crippen LogP) is 1.15. The summed E-state index contributed by atoms with van der Waals surface area (Å²) in [6.07, 6.45) is 1.72. The van der Waals surface area contributed by atoms with Crippen molar-refractivity contribution in [3.63, 3.8) is 0 Å². The van der Waals surface area contributed by atoms with Gasteiger partial charge in [0.25, 0.3) is 5.91 Å². The van der Waals surface area contributed by atoms with Crippen molar-refractivity contribution in [2.75, 3.05) is 37.7 Å². The highest BCUT2D eigenvalue weighted by molar-refractivity contribution is 7.89. The van der Waals surface area contributed by atoms with E-state index in [-0.39, 0.29) is 17.3 Å². The van der Waals surface area contributed by atoms with Gasteiger partial charge in [-0.3, -0.25) is 4.79 Å². The number of nitrogens with zero attached hydrogens (tertiary/aromatic N) is 2. The van der Waals surface area contributed by atoms with Crippen LogP contribution in [0.3, 0.4) is 0 Å². The van der Waals surface area contributed by atoms with E-state index in [1.54, 1.807) is 25.3 Å². The Balaban J connectivity index is 1.66. The average Bonchev–Trinajstić information content (AvgIpc) is 2.73. The number of sulfonamides is 1. The molecule has 0 atom stereocenters. The van der Waals surface area contributed by atoms with Gasteiger partial charge < -0.3 is 15.0 Å². The van der Waals surface area contributed by atoms with Crippen LogP contribution < -0.4 is 14.9 Å². The third kappa shape index (κ3) is 5.06. The first kappa shape index (κ1) is 20.2. The number of aromatic nitrogens is 1. The van der Waals surface area contributed by atoms with Crippen LogP contribution in [0.2, 0.25) is 0 Å². The second kappa shape index (κ2) is 9.13. The maximum absolute atomic E-state index is 12.5. The summed E-state index contributed by atoms with van der Waals surface area (Å²) in [4.78, 5) is 19.1. The zero-order valence-corrected chi connectivity index (χ0v) is 16.5. The van der Waals surface area contributed by atoms with Crippen LogP contribution in [0.1, 0.15) is 22.8 Å². The first-order chi connectivity index (χ1) is 13.5. The molecule has 1 fully saturated rings. The summed E-state index contributed by atoms with van der Waals surface area (Å²) < 4.78 is 32.0. The van der Waals surface area contributed by atoms with E-state index in [1.165, 1.54) is 12.1 Å². The van der Waals surface area contributed by atoms with Crippen molar-refractivity contribution >= 4 is 21.7 Å². The van der Waals surface area contributed by atoms with E-state index in [1.807, 2.05) is 12.1 Å². The molecule has 2 aromatic rings. The lowest BCUT2D eigenvalue weighted by Gasteiger charge is -2.28. The van der Waals surface area contributed by atoms with E-state index < -0.39 is 10.0 Å². The van der Waals surface area contributed by atoms with Crippen LogP contribution in [0.25, 0.3) is 0 Å². The Hall–Kier alpha value is -2.49. The molecule has 0 bridgehead atoms. The van der Waals surface area contributed by atoms with Crippen LogP contribution in [0.15, 0.2) is 47.5 Å². The molecule has 0 spiro atoms. The summed E-state index contributed by atoms with van der Waals surface area (Å²) in [5.41, 5.74) is 1.21. The summed E-state index contributed by atoms with van der Waals surface area (Å²) in [5.74, 6) is 0.520. The second-order valence-electron chi connectivity index (χ2n) is 6.33. The number of amides is 1. The first-order valence-corrected chi connectivity index (χ1v) is 10.6. The fourth-order valence-electron chi connectivity index (χ4n) is 2.90. The number of anilines is 1. The zero-order chi connectivity index (χ0) is 20.0. The number of carbonyl (C=O) groups excluding carboxylic acids is 1. The molecule has 1 aliphatic heterocycles. The number of benzene rings is 1. The molecule has 9 heteroatoms. The van der Waals surface area contributed by atoms with Crippen LogP contribution in [-0.2, 0) is 21.3 Å². The number of nitrogens with one attached hydrogen (secondary N) is 2. The minimum absolute atomic E-state index is 0.0699. The SMILES string of the molecule is CCNS(=O)(=O)c1cccc(C(=O)NCc2ccnc(N3CCOCC3)c2)c1. The van der Waals surface area contributed by atoms with Gasteiger partial charge >= 0.3 is 0 Å². The molecule has 1 saturated heterocycles. The maximum Gasteiger partial charge on any atom is 0.251 e. The fourth-order valence-corrected chi connectivity index (χ4v) is 3.98. The van der Waals surface area contributed by atoms with Gasteiger partial charge in [-0.25, -0.2) is 18.1 Å². The Morgan fingerprint density at radius 3 is 2.75 bits per heavy atom. The second-order valence-corrected chi connectivity index (χ2v) is 8.10. The van der Waals surface area contributed by atoms with Crippen LogP contribution in [0.4, 0.5) is 5.82 Å². The Kier molecular flexibility index (Phi) is 6.61. The number of hydrogen-bond donors (Lipinski definition) is 2. The molecular weight excluding hydrogens is 380 g/mol. The summed E-state index contributed by atoms with van der Waals surface area (Å²) in [6, 6.07) is 9.77. The van der Waals surface area contributed by atoms with E-state index in [0.717, 1.165) is 24.5 Å². The summed E-state index contributed by atoms with van der Waals surface area (Å²) >= 11 is 0. The number of carbonyl (C=O) groups is 1. The van der Waals surface area contributed by atoms with Crippen LogP contribution >= 0.6 is 0 Å². The van der Waals surface area contributed by atoms with E-state index in [2.05, 4.69) is 19.9 Å². The zero-order valence-electron chi connectivity index (χ0n) is 15.7. The minimum Gasteiger partial charge on any atom is -0.378 e. The molecule has 150 valence electrons. The third-order valence-corrected chi connectivity index (χ3v) is 5.88. The van der Waals surface area contributed by atoms with Gasteiger partial charge in [0.2, 0.25) is 10.0 Å². The van der Waals surface area contributed by atoms with Crippen molar-refractivity contribution in [3.8, 4) is 0 Å². The quantitative estimate of drug-likeness (QED) is 0.718. The van der Waals surface area contributed by atoms with Crippen molar-refractivity contribution in [1.82, 2.24) is 15.0 Å². The third-order valence-electron chi connectivity index (χ3n) is 4.34. The van der Waals surface area contributed by atoms with Gasteiger partial charge in [0.15, 0.2) is 0 Å². The van der Waals surface area contributed by atoms with Crippen LogP contribution in [-0.4, -0.2) is 52.2 Å². The molecule has 1 aromatic carbocycles. The molecule has 2 heterocycles. The van der Waals surface area contributed by atoms with Gasteiger partial charge in [-0.15, -0.1) is 0 Å². The standard InChI is InChI=1S/C19H24N4O4S/c1-2-22-28(25,26)17-5-3-4-16(13-17)19(24)21-14-15-6-7-20-18(12-15)23-8-10-27-11-9-23/h3-7,12-13,22H,2,8-11,14H2,1H3,(H,21,24). The highest BCUT2D eigenvalue weighted by Crippen LogP contribution is 2.15.